The number of nitrogen functional groups attached to an aromatic ring is 1. The van der Waals surface area contributed by atoms with Crippen LogP contribution in [0.1, 0.15) is 37.7 Å². The Morgan fingerprint density at radius 2 is 1.88 bits per heavy atom. The van der Waals surface area contributed by atoms with Gasteiger partial charge in [0.1, 0.15) is 0 Å². The zero-order chi connectivity index (χ0) is 11.6. The first kappa shape index (κ1) is 11.9. The number of anilines is 1. The maximum Gasteiger partial charge on any atom is 0.0461 e. The summed E-state index contributed by atoms with van der Waals surface area (Å²) in [6.07, 6.45) is 6.31. The fraction of sp³-hybridized carbons (Fsp3) is 0.538. The van der Waals surface area contributed by atoms with Gasteiger partial charge in [-0.1, -0.05) is 25.3 Å². The Labute approximate surface area is 106 Å². The van der Waals surface area contributed by atoms with Crippen LogP contribution in [-0.2, 0) is 5.41 Å². The van der Waals surface area contributed by atoms with Gasteiger partial charge in [-0.05, 0) is 46.5 Å². The maximum absolute atomic E-state index is 6.01. The van der Waals surface area contributed by atoms with Gasteiger partial charge in [0.2, 0.25) is 0 Å². The van der Waals surface area contributed by atoms with E-state index in [1.807, 2.05) is 6.07 Å². The summed E-state index contributed by atoms with van der Waals surface area (Å²) in [5.74, 6) is 0. The Balaban J connectivity index is 2.35. The minimum absolute atomic E-state index is 0.174. The molecule has 0 unspecified atom stereocenters. The maximum atomic E-state index is 6.01. The molecule has 0 bridgehead atoms. The zero-order valence-corrected chi connectivity index (χ0v) is 11.1. The molecule has 0 amide bonds. The third-order valence-corrected chi connectivity index (χ3v) is 4.53. The number of benzene rings is 1. The van der Waals surface area contributed by atoms with Crippen LogP contribution >= 0.6 is 15.9 Å². The number of rotatable bonds is 2. The van der Waals surface area contributed by atoms with E-state index in [-0.39, 0.29) is 5.41 Å². The summed E-state index contributed by atoms with van der Waals surface area (Å²) < 4.78 is 0.972. The van der Waals surface area contributed by atoms with E-state index in [0.29, 0.717) is 0 Å². The van der Waals surface area contributed by atoms with E-state index in [9.17, 15) is 0 Å². The van der Waals surface area contributed by atoms with Crippen LogP contribution in [0.25, 0.3) is 0 Å². The first-order valence-electron chi connectivity index (χ1n) is 5.93. The molecule has 16 heavy (non-hydrogen) atoms. The van der Waals surface area contributed by atoms with E-state index in [4.69, 9.17) is 11.5 Å². The Morgan fingerprint density at radius 1 is 1.19 bits per heavy atom. The van der Waals surface area contributed by atoms with Crippen molar-refractivity contribution in [2.45, 2.75) is 37.5 Å². The van der Waals surface area contributed by atoms with Crippen LogP contribution in [0.2, 0.25) is 0 Å². The summed E-state index contributed by atoms with van der Waals surface area (Å²) >= 11 is 3.44. The van der Waals surface area contributed by atoms with Crippen molar-refractivity contribution >= 4 is 21.6 Å². The highest BCUT2D eigenvalue weighted by atomic mass is 79.9. The van der Waals surface area contributed by atoms with Crippen LogP contribution < -0.4 is 11.5 Å². The Kier molecular flexibility index (Phi) is 3.55. The van der Waals surface area contributed by atoms with Gasteiger partial charge in [-0.15, -0.1) is 0 Å². The fourth-order valence-corrected chi connectivity index (χ4v) is 2.96. The van der Waals surface area contributed by atoms with Crippen molar-refractivity contribution < 1.29 is 0 Å². The van der Waals surface area contributed by atoms with Crippen molar-refractivity contribution in [3.8, 4) is 0 Å². The van der Waals surface area contributed by atoms with Gasteiger partial charge in [0.25, 0.3) is 0 Å². The van der Waals surface area contributed by atoms with Crippen LogP contribution in [0, 0.1) is 0 Å². The van der Waals surface area contributed by atoms with Crippen molar-refractivity contribution in [3.63, 3.8) is 0 Å². The SMILES string of the molecule is NCC1(c2ccc(Br)c(N)c2)CCCCC1. The first-order chi connectivity index (χ1) is 7.68. The van der Waals surface area contributed by atoms with Gasteiger partial charge in [-0.2, -0.15) is 0 Å². The molecule has 1 aromatic carbocycles. The highest BCUT2D eigenvalue weighted by Gasteiger charge is 2.32. The van der Waals surface area contributed by atoms with E-state index in [1.54, 1.807) is 0 Å². The molecule has 3 heteroatoms. The molecule has 1 aromatic rings. The topological polar surface area (TPSA) is 52.0 Å². The lowest BCUT2D eigenvalue weighted by Gasteiger charge is -2.37. The standard InChI is InChI=1S/C13H19BrN2/c14-11-5-4-10(8-12(11)16)13(9-15)6-2-1-3-7-13/h4-5,8H,1-3,6-7,9,15-16H2. The van der Waals surface area contributed by atoms with Crippen LogP contribution in [0.3, 0.4) is 0 Å². The zero-order valence-electron chi connectivity index (χ0n) is 9.51. The fourth-order valence-electron chi connectivity index (χ4n) is 2.71. The van der Waals surface area contributed by atoms with E-state index < -0.39 is 0 Å². The Bertz CT molecular complexity index is 370. The summed E-state index contributed by atoms with van der Waals surface area (Å²) in [6, 6.07) is 6.29. The van der Waals surface area contributed by atoms with E-state index >= 15 is 0 Å². The molecule has 0 radical (unpaired) electrons. The summed E-state index contributed by atoms with van der Waals surface area (Å²) in [5, 5.41) is 0. The lowest BCUT2D eigenvalue weighted by atomic mass is 9.69. The molecule has 88 valence electrons. The molecule has 2 nitrogen and oxygen atoms in total. The van der Waals surface area contributed by atoms with Crippen LogP contribution in [-0.4, -0.2) is 6.54 Å². The normalized spacial score (nSPS) is 19.6. The van der Waals surface area contributed by atoms with Gasteiger partial charge in [0.15, 0.2) is 0 Å². The molecule has 0 atom stereocenters. The number of hydrogen-bond donors (Lipinski definition) is 2. The molecule has 0 aromatic heterocycles. The van der Waals surface area contributed by atoms with Gasteiger partial charge in [-0.25, -0.2) is 0 Å². The Morgan fingerprint density at radius 3 is 2.44 bits per heavy atom. The van der Waals surface area contributed by atoms with E-state index in [1.165, 1.54) is 37.7 Å². The quantitative estimate of drug-likeness (QED) is 0.819. The smallest absolute Gasteiger partial charge is 0.0461 e. The molecule has 0 saturated heterocycles. The summed E-state index contributed by atoms with van der Waals surface area (Å²) in [6.45, 7) is 0.730. The molecular formula is C13H19BrN2. The van der Waals surface area contributed by atoms with Crippen molar-refractivity contribution in [2.24, 2.45) is 5.73 Å². The molecule has 0 heterocycles. The van der Waals surface area contributed by atoms with Gasteiger partial charge >= 0.3 is 0 Å². The minimum atomic E-state index is 0.174. The number of halogens is 1. The predicted octanol–water partition coefficient (Wildman–Crippen LogP) is 3.19. The summed E-state index contributed by atoms with van der Waals surface area (Å²) in [7, 11) is 0. The summed E-state index contributed by atoms with van der Waals surface area (Å²) in [4.78, 5) is 0. The lowest BCUT2D eigenvalue weighted by Crippen LogP contribution is -2.37. The molecule has 1 fully saturated rings. The second-order valence-electron chi connectivity index (χ2n) is 4.78. The average Bonchev–Trinajstić information content (AvgIpc) is 2.33. The van der Waals surface area contributed by atoms with Gasteiger partial charge in [0.05, 0.1) is 0 Å². The molecule has 2 rings (SSSR count). The molecule has 0 spiro atoms. The third kappa shape index (κ3) is 2.11. The second kappa shape index (κ2) is 4.76. The van der Waals surface area contributed by atoms with Crippen molar-refractivity contribution in [3.05, 3.63) is 28.2 Å². The van der Waals surface area contributed by atoms with Gasteiger partial charge < -0.3 is 11.5 Å². The van der Waals surface area contributed by atoms with Crippen LogP contribution in [0.15, 0.2) is 22.7 Å². The lowest BCUT2D eigenvalue weighted by molar-refractivity contribution is 0.301. The number of hydrogen-bond acceptors (Lipinski definition) is 2. The minimum Gasteiger partial charge on any atom is -0.398 e. The van der Waals surface area contributed by atoms with Crippen LogP contribution in [0.4, 0.5) is 5.69 Å². The molecule has 1 saturated carbocycles. The van der Waals surface area contributed by atoms with Crippen molar-refractivity contribution in [1.29, 1.82) is 0 Å². The molecule has 1 aliphatic carbocycles. The highest BCUT2D eigenvalue weighted by molar-refractivity contribution is 9.10. The third-order valence-electron chi connectivity index (χ3n) is 3.81. The van der Waals surface area contributed by atoms with Crippen molar-refractivity contribution in [1.82, 2.24) is 0 Å². The van der Waals surface area contributed by atoms with Crippen molar-refractivity contribution in [2.75, 3.05) is 12.3 Å². The molecule has 0 aliphatic heterocycles. The Hall–Kier alpha value is -0.540. The van der Waals surface area contributed by atoms with E-state index in [0.717, 1.165) is 16.7 Å². The average molecular weight is 283 g/mol. The molecular weight excluding hydrogens is 264 g/mol. The second-order valence-corrected chi connectivity index (χ2v) is 5.64. The monoisotopic (exact) mass is 282 g/mol. The first-order valence-corrected chi connectivity index (χ1v) is 6.73. The van der Waals surface area contributed by atoms with Gasteiger partial charge in [-0.3, -0.25) is 0 Å². The highest BCUT2D eigenvalue weighted by Crippen LogP contribution is 2.40. The predicted molar refractivity (Wildman–Crippen MR) is 72.4 cm³/mol. The summed E-state index contributed by atoms with van der Waals surface area (Å²) in [5.41, 5.74) is 14.3. The van der Waals surface area contributed by atoms with Gasteiger partial charge in [0, 0.05) is 22.1 Å². The van der Waals surface area contributed by atoms with Crippen LogP contribution in [0.5, 0.6) is 0 Å². The largest absolute Gasteiger partial charge is 0.398 e. The number of nitrogens with two attached hydrogens (primary N) is 2. The molecule has 4 N–H and O–H groups in total. The molecule has 1 aliphatic rings. The van der Waals surface area contributed by atoms with E-state index in [2.05, 4.69) is 28.1 Å².